The first kappa shape index (κ1) is 12.3. The molecule has 0 spiro atoms. The van der Waals surface area contributed by atoms with Gasteiger partial charge in [0.15, 0.2) is 5.82 Å². The molecule has 1 heterocycles. The van der Waals surface area contributed by atoms with Crippen molar-refractivity contribution in [3.63, 3.8) is 0 Å². The van der Waals surface area contributed by atoms with Crippen LogP contribution in [-0.2, 0) is 0 Å². The maximum Gasteiger partial charge on any atom is 0.156 e. The number of phenolic OH excluding ortho intramolecular Hbond substituents is 1. The van der Waals surface area contributed by atoms with E-state index in [1.807, 2.05) is 6.07 Å². The zero-order chi connectivity index (χ0) is 13.6. The van der Waals surface area contributed by atoms with Crippen LogP contribution in [0.25, 0.3) is 22.2 Å². The Labute approximate surface area is 118 Å². The number of aromatic nitrogens is 1. The quantitative estimate of drug-likeness (QED) is 0.665. The number of benzene rings is 2. The van der Waals surface area contributed by atoms with E-state index in [0.717, 1.165) is 4.47 Å². The molecule has 2 radical (unpaired) electrons. The summed E-state index contributed by atoms with van der Waals surface area (Å²) in [5.41, 5.74) is 1.75. The number of fused-ring (bicyclic) bond motifs is 1. The van der Waals surface area contributed by atoms with E-state index in [9.17, 15) is 9.50 Å². The molecule has 0 amide bonds. The Morgan fingerprint density at radius 1 is 1.16 bits per heavy atom. The van der Waals surface area contributed by atoms with Crippen molar-refractivity contribution in [3.8, 4) is 17.0 Å². The van der Waals surface area contributed by atoms with E-state index >= 15 is 0 Å². The van der Waals surface area contributed by atoms with E-state index in [4.69, 9.17) is 7.85 Å². The van der Waals surface area contributed by atoms with Gasteiger partial charge in [-0.2, -0.15) is 0 Å². The summed E-state index contributed by atoms with van der Waals surface area (Å²) in [6, 6.07) is 9.91. The van der Waals surface area contributed by atoms with Gasteiger partial charge < -0.3 is 10.1 Å². The van der Waals surface area contributed by atoms with E-state index in [-0.39, 0.29) is 11.4 Å². The number of rotatable bonds is 1. The highest BCUT2D eigenvalue weighted by atomic mass is 79.9. The molecule has 5 heteroatoms. The highest BCUT2D eigenvalue weighted by Crippen LogP contribution is 2.34. The van der Waals surface area contributed by atoms with Crippen molar-refractivity contribution < 1.29 is 9.50 Å². The molecule has 2 N–H and O–H groups in total. The summed E-state index contributed by atoms with van der Waals surface area (Å²) in [6.45, 7) is 0. The summed E-state index contributed by atoms with van der Waals surface area (Å²) in [5.74, 6) is -0.444. The van der Waals surface area contributed by atoms with Crippen molar-refractivity contribution in [2.45, 2.75) is 0 Å². The van der Waals surface area contributed by atoms with Gasteiger partial charge in [-0.25, -0.2) is 4.39 Å². The third-order valence-electron chi connectivity index (χ3n) is 2.99. The highest BCUT2D eigenvalue weighted by molar-refractivity contribution is 9.10. The molecular formula is C14H8BBrFNO. The Balaban J connectivity index is 2.28. The molecule has 0 aliphatic heterocycles. The lowest BCUT2D eigenvalue weighted by molar-refractivity contribution is 0.477. The third-order valence-corrected chi connectivity index (χ3v) is 3.48. The number of phenols is 1. The van der Waals surface area contributed by atoms with Gasteiger partial charge in [0.25, 0.3) is 0 Å². The van der Waals surface area contributed by atoms with Gasteiger partial charge >= 0.3 is 0 Å². The molecule has 3 aromatic rings. The van der Waals surface area contributed by atoms with Crippen molar-refractivity contribution in [1.82, 2.24) is 4.98 Å². The normalized spacial score (nSPS) is 11.1. The predicted molar refractivity (Wildman–Crippen MR) is 78.4 cm³/mol. The van der Waals surface area contributed by atoms with E-state index in [0.29, 0.717) is 21.9 Å². The van der Waals surface area contributed by atoms with Crippen LogP contribution in [-0.4, -0.2) is 17.9 Å². The maximum atomic E-state index is 14.4. The van der Waals surface area contributed by atoms with Crippen molar-refractivity contribution in [1.29, 1.82) is 0 Å². The fourth-order valence-corrected chi connectivity index (χ4v) is 2.44. The molecular weight excluding hydrogens is 308 g/mol. The largest absolute Gasteiger partial charge is 0.507 e. The summed E-state index contributed by atoms with van der Waals surface area (Å²) in [5, 5.41) is 10.3. The second kappa shape index (κ2) is 4.42. The Hall–Kier alpha value is -1.75. The van der Waals surface area contributed by atoms with Crippen molar-refractivity contribution in [3.05, 3.63) is 46.7 Å². The summed E-state index contributed by atoms with van der Waals surface area (Å²) >= 11 is 3.31. The van der Waals surface area contributed by atoms with Gasteiger partial charge in [-0.3, -0.25) is 0 Å². The maximum absolute atomic E-state index is 14.4. The number of nitrogens with one attached hydrogen (secondary N) is 1. The first-order valence-electron chi connectivity index (χ1n) is 5.62. The van der Waals surface area contributed by atoms with Crippen LogP contribution in [0.4, 0.5) is 4.39 Å². The zero-order valence-electron chi connectivity index (χ0n) is 9.74. The van der Waals surface area contributed by atoms with E-state index in [1.165, 1.54) is 6.07 Å². The molecule has 3 rings (SSSR count). The molecule has 0 aliphatic carbocycles. The minimum atomic E-state index is -0.392. The fourth-order valence-electron chi connectivity index (χ4n) is 2.08. The smallest absolute Gasteiger partial charge is 0.156 e. The number of halogens is 2. The van der Waals surface area contributed by atoms with Crippen molar-refractivity contribution in [2.75, 3.05) is 0 Å². The van der Waals surface area contributed by atoms with E-state index in [1.54, 1.807) is 24.3 Å². The molecule has 1 aromatic heterocycles. The minimum absolute atomic E-state index is 0.0514. The van der Waals surface area contributed by atoms with Crippen molar-refractivity contribution in [2.24, 2.45) is 0 Å². The molecule has 0 saturated carbocycles. The number of aromatic hydroxyl groups is 1. The molecule has 2 aromatic carbocycles. The Morgan fingerprint density at radius 3 is 2.68 bits per heavy atom. The topological polar surface area (TPSA) is 36.0 Å². The van der Waals surface area contributed by atoms with Gasteiger partial charge in [0.2, 0.25) is 0 Å². The molecule has 2 nitrogen and oxygen atoms in total. The van der Waals surface area contributed by atoms with Crippen LogP contribution in [0.3, 0.4) is 0 Å². The fraction of sp³-hybridized carbons (Fsp3) is 0. The summed E-state index contributed by atoms with van der Waals surface area (Å²) < 4.78 is 15.2. The molecule has 92 valence electrons. The molecule has 0 atom stereocenters. The SMILES string of the molecule is [B]c1ccc(-c2[nH]c3ccc(Br)cc3c2F)c(O)c1. The Kier molecular flexibility index (Phi) is 2.86. The van der Waals surface area contributed by atoms with Crippen LogP contribution in [0.2, 0.25) is 0 Å². The van der Waals surface area contributed by atoms with E-state index in [2.05, 4.69) is 20.9 Å². The number of hydrogen-bond donors (Lipinski definition) is 2. The average Bonchev–Trinajstić information content (AvgIpc) is 2.67. The highest BCUT2D eigenvalue weighted by Gasteiger charge is 2.15. The second-order valence-electron chi connectivity index (χ2n) is 4.28. The summed E-state index contributed by atoms with van der Waals surface area (Å²) in [4.78, 5) is 2.97. The predicted octanol–water partition coefficient (Wildman–Crippen LogP) is 3.24. The average molecular weight is 316 g/mol. The van der Waals surface area contributed by atoms with Crippen LogP contribution in [0.5, 0.6) is 5.75 Å². The zero-order valence-corrected chi connectivity index (χ0v) is 11.3. The number of hydrogen-bond acceptors (Lipinski definition) is 1. The monoisotopic (exact) mass is 315 g/mol. The van der Waals surface area contributed by atoms with Crippen molar-refractivity contribution >= 4 is 40.1 Å². The number of aromatic amines is 1. The first-order chi connectivity index (χ1) is 9.06. The molecule has 0 fully saturated rings. The van der Waals surface area contributed by atoms with Crippen LogP contribution >= 0.6 is 15.9 Å². The Morgan fingerprint density at radius 2 is 1.95 bits per heavy atom. The van der Waals surface area contributed by atoms with Gasteiger partial charge in [0.1, 0.15) is 13.6 Å². The lowest BCUT2D eigenvalue weighted by Crippen LogP contribution is -2.00. The lowest BCUT2D eigenvalue weighted by atomic mass is 9.94. The molecule has 0 unspecified atom stereocenters. The summed E-state index contributed by atoms with van der Waals surface area (Å²) in [7, 11) is 5.57. The molecule has 19 heavy (non-hydrogen) atoms. The van der Waals surface area contributed by atoms with E-state index < -0.39 is 5.82 Å². The van der Waals surface area contributed by atoms with Crippen LogP contribution in [0.15, 0.2) is 40.9 Å². The molecule has 0 bridgehead atoms. The van der Waals surface area contributed by atoms with Gasteiger partial charge in [0.05, 0.1) is 5.69 Å². The second-order valence-corrected chi connectivity index (χ2v) is 5.20. The van der Waals surface area contributed by atoms with Crippen LogP contribution in [0.1, 0.15) is 0 Å². The Bertz CT molecular complexity index is 784. The molecule has 0 aliphatic rings. The standard InChI is InChI=1S/C14H8BBrFNO/c15-7-1-3-9(12(19)5-7)14-13(17)10-6-8(16)2-4-11(10)18-14/h1-6,18-19H. The van der Waals surface area contributed by atoms with Crippen LogP contribution in [0, 0.1) is 5.82 Å². The summed E-state index contributed by atoms with van der Waals surface area (Å²) in [6.07, 6.45) is 0. The number of H-pyrrole nitrogens is 1. The minimum Gasteiger partial charge on any atom is -0.507 e. The van der Waals surface area contributed by atoms with Gasteiger partial charge in [0, 0.05) is 20.9 Å². The molecule has 0 saturated heterocycles. The first-order valence-corrected chi connectivity index (χ1v) is 6.41. The third kappa shape index (κ3) is 2.04. The van der Waals surface area contributed by atoms with Gasteiger partial charge in [-0.15, -0.1) is 0 Å². The van der Waals surface area contributed by atoms with Gasteiger partial charge in [-0.05, 0) is 30.3 Å². The lowest BCUT2D eigenvalue weighted by Gasteiger charge is -2.03. The van der Waals surface area contributed by atoms with Gasteiger partial charge in [-0.1, -0.05) is 27.5 Å². The van der Waals surface area contributed by atoms with Crippen LogP contribution < -0.4 is 5.46 Å².